The van der Waals surface area contributed by atoms with Crippen molar-refractivity contribution < 1.29 is 18.3 Å². The van der Waals surface area contributed by atoms with Crippen molar-refractivity contribution >= 4 is 33.2 Å². The minimum Gasteiger partial charge on any atom is -0.494 e. The number of nitrogens with zero attached hydrogens (tertiary/aromatic N) is 4. The maximum absolute atomic E-state index is 14.6. The molecule has 198 valence electrons. The molecule has 2 atom stereocenters. The number of amides is 1. The molecular formula is C28H27BrF2N4O2S. The van der Waals surface area contributed by atoms with Gasteiger partial charge in [-0.2, -0.15) is 4.39 Å². The lowest BCUT2D eigenvalue weighted by Gasteiger charge is -2.26. The van der Waals surface area contributed by atoms with Gasteiger partial charge >= 0.3 is 0 Å². The van der Waals surface area contributed by atoms with Crippen molar-refractivity contribution in [3.8, 4) is 17.0 Å². The Kier molecular flexibility index (Phi) is 7.90. The van der Waals surface area contributed by atoms with Crippen LogP contribution < -0.4 is 4.74 Å². The molecule has 2 heterocycles. The molecule has 1 aliphatic carbocycles. The van der Waals surface area contributed by atoms with E-state index < -0.39 is 11.6 Å². The fraction of sp³-hybridized carbons (Fsp3) is 0.321. The average molecular weight is 602 g/mol. The summed E-state index contributed by atoms with van der Waals surface area (Å²) in [5.41, 5.74) is 2.47. The summed E-state index contributed by atoms with van der Waals surface area (Å²) in [6, 6.07) is 13.0. The summed E-state index contributed by atoms with van der Waals surface area (Å²) < 4.78 is 36.3. The fourth-order valence-corrected chi connectivity index (χ4v) is 6.27. The summed E-state index contributed by atoms with van der Waals surface area (Å²) in [7, 11) is 1.28. The summed E-state index contributed by atoms with van der Waals surface area (Å²) in [6.07, 6.45) is 3.70. The first-order chi connectivity index (χ1) is 18.3. The van der Waals surface area contributed by atoms with Crippen LogP contribution in [0.15, 0.2) is 58.5 Å². The Labute approximate surface area is 232 Å². The lowest BCUT2D eigenvalue weighted by molar-refractivity contribution is -0.136. The second-order valence-corrected chi connectivity index (χ2v) is 11.4. The Morgan fingerprint density at radius 3 is 2.76 bits per heavy atom. The Morgan fingerprint density at radius 2 is 2.03 bits per heavy atom. The average Bonchev–Trinajstić information content (AvgIpc) is 3.68. The van der Waals surface area contributed by atoms with Crippen molar-refractivity contribution in [3.05, 3.63) is 86.2 Å². The van der Waals surface area contributed by atoms with Crippen molar-refractivity contribution in [2.45, 2.75) is 45.3 Å². The highest BCUT2D eigenvalue weighted by Crippen LogP contribution is 2.37. The molecule has 0 aliphatic heterocycles. The molecule has 0 bridgehead atoms. The number of aromatic nitrogens is 3. The number of hydrogen-bond acceptors (Lipinski definition) is 5. The van der Waals surface area contributed by atoms with E-state index in [1.165, 1.54) is 19.2 Å². The lowest BCUT2D eigenvalue weighted by atomic mass is 10.0. The van der Waals surface area contributed by atoms with E-state index in [1.54, 1.807) is 22.2 Å². The summed E-state index contributed by atoms with van der Waals surface area (Å²) in [5.74, 6) is -2.30. The molecule has 38 heavy (non-hydrogen) atoms. The Bertz CT molecular complexity index is 1440. The molecule has 1 fully saturated rings. The van der Waals surface area contributed by atoms with E-state index in [-0.39, 0.29) is 34.9 Å². The zero-order valence-electron chi connectivity index (χ0n) is 21.0. The number of benzene rings is 2. The van der Waals surface area contributed by atoms with Crippen molar-refractivity contribution in [3.63, 3.8) is 0 Å². The molecule has 6 nitrogen and oxygen atoms in total. The maximum atomic E-state index is 14.6. The molecule has 2 aromatic carbocycles. The monoisotopic (exact) mass is 600 g/mol. The summed E-state index contributed by atoms with van der Waals surface area (Å²) in [5, 5.41) is 10.3. The molecule has 0 N–H and O–H groups in total. The van der Waals surface area contributed by atoms with Gasteiger partial charge in [0.15, 0.2) is 11.6 Å². The molecule has 4 aromatic rings. The number of ether oxygens (including phenoxy) is 1. The maximum Gasteiger partial charge on any atom is 0.226 e. The standard InChI is InChI=1S/C28H27BrF2N4O2S/c1-17-5-6-19(23(29)12-17)14-34(15-21-4-3-11-38-21)28(36)18-7-8-20(13-18)35-16-24(32-33-35)22-9-10-25(37-2)27(31)26(22)30/h3-6,9-12,16,18,20H,7-8,13-15H2,1-2H3. The van der Waals surface area contributed by atoms with E-state index >= 15 is 0 Å². The van der Waals surface area contributed by atoms with Crippen molar-refractivity contribution in [2.75, 3.05) is 7.11 Å². The van der Waals surface area contributed by atoms with Gasteiger partial charge in [0, 0.05) is 27.4 Å². The highest BCUT2D eigenvalue weighted by atomic mass is 79.9. The highest BCUT2D eigenvalue weighted by Gasteiger charge is 2.34. The van der Waals surface area contributed by atoms with Crippen LogP contribution in [0.3, 0.4) is 0 Å². The fourth-order valence-electron chi connectivity index (χ4n) is 4.93. The molecule has 10 heteroatoms. The van der Waals surface area contributed by atoms with E-state index in [0.717, 1.165) is 33.3 Å². The largest absolute Gasteiger partial charge is 0.494 e. The van der Waals surface area contributed by atoms with Gasteiger partial charge < -0.3 is 9.64 Å². The Hall–Kier alpha value is -3.11. The minimum atomic E-state index is -1.06. The van der Waals surface area contributed by atoms with Gasteiger partial charge in [-0.1, -0.05) is 39.3 Å². The molecule has 0 radical (unpaired) electrons. The summed E-state index contributed by atoms with van der Waals surface area (Å²) in [4.78, 5) is 16.8. The zero-order valence-corrected chi connectivity index (χ0v) is 23.4. The molecule has 1 aliphatic rings. The van der Waals surface area contributed by atoms with Gasteiger partial charge in [0.2, 0.25) is 11.7 Å². The summed E-state index contributed by atoms with van der Waals surface area (Å²) in [6.45, 7) is 3.10. The molecule has 1 saturated carbocycles. The van der Waals surface area contributed by atoms with Crippen molar-refractivity contribution in [2.24, 2.45) is 5.92 Å². The number of thiophene rings is 1. The van der Waals surface area contributed by atoms with Crippen LogP contribution >= 0.6 is 27.3 Å². The van der Waals surface area contributed by atoms with Crippen LogP contribution in [0.2, 0.25) is 0 Å². The van der Waals surface area contributed by atoms with Gasteiger partial charge in [-0.05, 0) is 67.0 Å². The summed E-state index contributed by atoms with van der Waals surface area (Å²) >= 11 is 5.29. The van der Waals surface area contributed by atoms with E-state index in [4.69, 9.17) is 4.74 Å². The number of methoxy groups -OCH3 is 1. The molecular weight excluding hydrogens is 574 g/mol. The predicted octanol–water partition coefficient (Wildman–Crippen LogP) is 6.93. The van der Waals surface area contributed by atoms with Gasteiger partial charge in [0.05, 0.1) is 25.9 Å². The number of rotatable bonds is 8. The van der Waals surface area contributed by atoms with Crippen molar-refractivity contribution in [1.82, 2.24) is 19.9 Å². The number of halogens is 3. The van der Waals surface area contributed by atoms with Crippen LogP contribution in [0, 0.1) is 24.5 Å². The number of aryl methyl sites for hydroxylation is 1. The van der Waals surface area contributed by atoms with Gasteiger partial charge in [0.1, 0.15) is 5.69 Å². The molecule has 0 saturated heterocycles. The highest BCUT2D eigenvalue weighted by molar-refractivity contribution is 9.10. The third-order valence-electron chi connectivity index (χ3n) is 6.99. The molecule has 1 amide bonds. The lowest BCUT2D eigenvalue weighted by Crippen LogP contribution is -2.34. The normalized spacial score (nSPS) is 17.1. The van der Waals surface area contributed by atoms with Crippen LogP contribution in [0.5, 0.6) is 5.75 Å². The number of carbonyl (C=O) groups is 1. The van der Waals surface area contributed by atoms with Gasteiger partial charge in [0.25, 0.3) is 0 Å². The quantitative estimate of drug-likeness (QED) is 0.220. The van der Waals surface area contributed by atoms with Crippen LogP contribution in [0.1, 0.15) is 41.3 Å². The van der Waals surface area contributed by atoms with Gasteiger partial charge in [-0.25, -0.2) is 9.07 Å². The molecule has 2 unspecified atom stereocenters. The molecule has 5 rings (SSSR count). The van der Waals surface area contributed by atoms with E-state index in [0.29, 0.717) is 19.5 Å². The second-order valence-electron chi connectivity index (χ2n) is 9.56. The van der Waals surface area contributed by atoms with Crippen molar-refractivity contribution in [1.29, 1.82) is 0 Å². The predicted molar refractivity (Wildman–Crippen MR) is 146 cm³/mol. The number of carbonyl (C=O) groups excluding carboxylic acids is 1. The molecule has 2 aromatic heterocycles. The number of hydrogen-bond donors (Lipinski definition) is 0. The van der Waals surface area contributed by atoms with E-state index in [9.17, 15) is 13.6 Å². The van der Waals surface area contributed by atoms with Crippen LogP contribution in [-0.2, 0) is 17.9 Å². The SMILES string of the molecule is COc1ccc(-c2cn(C3CCC(C(=O)N(Cc4cccs4)Cc4ccc(C)cc4Br)C3)nn2)c(F)c1F. The van der Waals surface area contributed by atoms with Crippen LogP contribution in [-0.4, -0.2) is 32.9 Å². The minimum absolute atomic E-state index is 0.0194. The Balaban J connectivity index is 1.32. The first-order valence-corrected chi connectivity index (χ1v) is 14.0. The molecule has 0 spiro atoms. The van der Waals surface area contributed by atoms with Gasteiger partial charge in [-0.15, -0.1) is 16.4 Å². The van der Waals surface area contributed by atoms with Crippen LogP contribution in [0.25, 0.3) is 11.3 Å². The van der Waals surface area contributed by atoms with Gasteiger partial charge in [-0.3, -0.25) is 4.79 Å². The third kappa shape index (κ3) is 5.51. The van der Waals surface area contributed by atoms with E-state index in [1.807, 2.05) is 29.3 Å². The zero-order chi connectivity index (χ0) is 26.8. The first-order valence-electron chi connectivity index (χ1n) is 12.3. The second kappa shape index (κ2) is 11.3. The van der Waals surface area contributed by atoms with Crippen LogP contribution in [0.4, 0.5) is 8.78 Å². The first kappa shape index (κ1) is 26.5. The Morgan fingerprint density at radius 1 is 1.18 bits per heavy atom. The third-order valence-corrected chi connectivity index (χ3v) is 8.59. The van der Waals surface area contributed by atoms with E-state index in [2.05, 4.69) is 44.4 Å². The smallest absolute Gasteiger partial charge is 0.226 e. The topological polar surface area (TPSA) is 60.2 Å².